The van der Waals surface area contributed by atoms with E-state index in [1.807, 2.05) is 0 Å². The topological polar surface area (TPSA) is 60.7 Å². The fourth-order valence-corrected chi connectivity index (χ4v) is 3.15. The lowest BCUT2D eigenvalue weighted by molar-refractivity contribution is 0.240. The van der Waals surface area contributed by atoms with Crippen LogP contribution in [0.2, 0.25) is 0 Å². The van der Waals surface area contributed by atoms with Crippen LogP contribution in [0.4, 0.5) is 0 Å². The Morgan fingerprint density at radius 3 is 2.00 bits per heavy atom. The highest BCUT2D eigenvalue weighted by atomic mass is 31.2. The van der Waals surface area contributed by atoms with Gasteiger partial charge >= 0.3 is 0 Å². The summed E-state index contributed by atoms with van der Waals surface area (Å²) in [6.07, 6.45) is 3.83. The summed E-state index contributed by atoms with van der Waals surface area (Å²) in [6.45, 7) is 7.06. The number of rotatable bonds is 7. The quantitative estimate of drug-likeness (QED) is 0.429. The minimum absolute atomic E-state index is 0.148. The van der Waals surface area contributed by atoms with Gasteiger partial charge in [0.05, 0.1) is 6.16 Å². The Hall–Kier alpha value is -0.210. The van der Waals surface area contributed by atoms with Crippen molar-refractivity contribution in [1.82, 2.24) is 0 Å². The van der Waals surface area contributed by atoms with Crippen LogP contribution in [0.25, 0.3) is 0 Å². The normalized spacial score (nSPS) is 13.8. The Morgan fingerprint density at radius 1 is 1.15 bits per heavy atom. The zero-order chi connectivity index (χ0) is 10.3. The summed E-state index contributed by atoms with van der Waals surface area (Å²) in [5, 5.41) is 28.0. The van der Waals surface area contributed by atoms with Crippen molar-refractivity contribution in [2.75, 3.05) is 18.9 Å². The number of hydrogen-bond donors (Lipinski definition) is 3. The van der Waals surface area contributed by atoms with Crippen LogP contribution in [0.5, 0.6) is 0 Å². The van der Waals surface area contributed by atoms with Gasteiger partial charge in [0.15, 0.2) is 18.5 Å². The minimum atomic E-state index is -2.09. The molecule has 0 spiro atoms. The standard InChI is InChI=1S/C9H18O3P/c1-3-5-9(12)13(7-10,8-11)6-4-2/h3-4,9-12H,1-2,5-8H2/q+1. The van der Waals surface area contributed by atoms with Crippen molar-refractivity contribution in [2.45, 2.75) is 12.3 Å². The van der Waals surface area contributed by atoms with E-state index in [1.165, 1.54) is 0 Å². The highest BCUT2D eigenvalue weighted by Crippen LogP contribution is 2.61. The van der Waals surface area contributed by atoms with Crippen LogP contribution in [-0.2, 0) is 0 Å². The SMILES string of the molecule is C=CCC(O)[P+](CO)(CO)CC=C. The molecule has 0 aliphatic heterocycles. The van der Waals surface area contributed by atoms with Gasteiger partial charge in [0.25, 0.3) is 0 Å². The predicted octanol–water partition coefficient (Wildman–Crippen LogP) is 0.984. The first-order valence-corrected chi connectivity index (χ1v) is 6.55. The van der Waals surface area contributed by atoms with E-state index in [0.717, 1.165) is 0 Å². The van der Waals surface area contributed by atoms with Gasteiger partial charge in [-0.05, 0) is 0 Å². The average molecular weight is 205 g/mol. The summed E-state index contributed by atoms with van der Waals surface area (Å²) < 4.78 is 0. The molecule has 0 amide bonds. The highest BCUT2D eigenvalue weighted by molar-refractivity contribution is 7.76. The third kappa shape index (κ3) is 3.20. The maximum atomic E-state index is 9.70. The fourth-order valence-electron chi connectivity index (χ4n) is 1.10. The summed E-state index contributed by atoms with van der Waals surface area (Å²) in [4.78, 5) is 0. The van der Waals surface area contributed by atoms with Crippen LogP contribution in [0.1, 0.15) is 6.42 Å². The van der Waals surface area contributed by atoms with Crippen molar-refractivity contribution in [3.05, 3.63) is 25.3 Å². The van der Waals surface area contributed by atoms with Crippen LogP contribution >= 0.6 is 7.26 Å². The lowest BCUT2D eigenvalue weighted by Crippen LogP contribution is -2.20. The Balaban J connectivity index is 4.51. The second kappa shape index (κ2) is 6.28. The highest BCUT2D eigenvalue weighted by Gasteiger charge is 2.42. The fraction of sp³-hybridized carbons (Fsp3) is 0.556. The molecule has 0 aliphatic rings. The van der Waals surface area contributed by atoms with E-state index in [4.69, 9.17) is 10.2 Å². The number of allylic oxidation sites excluding steroid dienone is 1. The lowest BCUT2D eigenvalue weighted by atomic mass is 10.5. The first-order chi connectivity index (χ1) is 6.16. The number of hydrogen-bond acceptors (Lipinski definition) is 3. The van der Waals surface area contributed by atoms with Gasteiger partial charge in [-0.15, -0.1) is 6.58 Å². The molecule has 0 bridgehead atoms. The summed E-state index contributed by atoms with van der Waals surface area (Å²) in [7, 11) is -2.09. The molecule has 0 aromatic heterocycles. The van der Waals surface area contributed by atoms with Crippen molar-refractivity contribution in [3.63, 3.8) is 0 Å². The molecule has 0 aromatic carbocycles. The first-order valence-electron chi connectivity index (χ1n) is 4.14. The van der Waals surface area contributed by atoms with Gasteiger partial charge in [-0.25, -0.2) is 0 Å². The van der Waals surface area contributed by atoms with Crippen molar-refractivity contribution in [3.8, 4) is 0 Å². The molecule has 0 radical (unpaired) electrons. The molecule has 0 saturated carbocycles. The Labute approximate surface area is 79.7 Å². The molecule has 0 fully saturated rings. The van der Waals surface area contributed by atoms with Crippen LogP contribution in [0, 0.1) is 0 Å². The van der Waals surface area contributed by atoms with Gasteiger partial charge in [0.1, 0.15) is 7.26 Å². The van der Waals surface area contributed by atoms with E-state index >= 15 is 0 Å². The monoisotopic (exact) mass is 205 g/mol. The van der Waals surface area contributed by atoms with E-state index in [1.54, 1.807) is 12.2 Å². The molecule has 13 heavy (non-hydrogen) atoms. The van der Waals surface area contributed by atoms with Gasteiger partial charge in [0, 0.05) is 6.42 Å². The molecule has 3 N–H and O–H groups in total. The second-order valence-corrected chi connectivity index (χ2v) is 6.94. The Bertz CT molecular complexity index is 166. The molecule has 0 rings (SSSR count). The van der Waals surface area contributed by atoms with Crippen molar-refractivity contribution >= 4 is 7.26 Å². The number of aliphatic hydroxyl groups excluding tert-OH is 3. The Morgan fingerprint density at radius 2 is 1.69 bits per heavy atom. The zero-order valence-corrected chi connectivity index (χ0v) is 8.66. The van der Waals surface area contributed by atoms with Crippen LogP contribution in [0.3, 0.4) is 0 Å². The van der Waals surface area contributed by atoms with Crippen molar-refractivity contribution in [1.29, 1.82) is 0 Å². The minimum Gasteiger partial charge on any atom is -0.361 e. The van der Waals surface area contributed by atoms with Gasteiger partial charge in [-0.1, -0.05) is 18.7 Å². The second-order valence-electron chi connectivity index (χ2n) is 2.98. The molecular formula is C9H18O3P+. The average Bonchev–Trinajstić information content (AvgIpc) is 2.14. The van der Waals surface area contributed by atoms with E-state index < -0.39 is 13.1 Å². The van der Waals surface area contributed by atoms with Gasteiger partial charge in [-0.2, -0.15) is 0 Å². The van der Waals surface area contributed by atoms with Crippen LogP contribution in [-0.4, -0.2) is 40.0 Å². The molecule has 1 atom stereocenters. The summed E-state index contributed by atoms with van der Waals surface area (Å²) in [5.74, 6) is -0.669. The van der Waals surface area contributed by atoms with E-state index in [9.17, 15) is 5.11 Å². The van der Waals surface area contributed by atoms with E-state index in [-0.39, 0.29) is 12.7 Å². The maximum Gasteiger partial charge on any atom is 0.172 e. The Kier molecular flexibility index (Phi) is 6.17. The molecule has 0 aromatic rings. The van der Waals surface area contributed by atoms with Gasteiger partial charge in [0.2, 0.25) is 0 Å². The lowest BCUT2D eigenvalue weighted by Gasteiger charge is -2.25. The van der Waals surface area contributed by atoms with Gasteiger partial charge in [-0.3, -0.25) is 0 Å². The first kappa shape index (κ1) is 12.8. The van der Waals surface area contributed by atoms with Gasteiger partial charge < -0.3 is 15.3 Å². The predicted molar refractivity (Wildman–Crippen MR) is 57.0 cm³/mol. The molecule has 76 valence electrons. The molecule has 0 aliphatic carbocycles. The molecule has 0 saturated heterocycles. The van der Waals surface area contributed by atoms with Crippen LogP contribution < -0.4 is 0 Å². The summed E-state index contributed by atoms with van der Waals surface area (Å²) in [6, 6.07) is 0. The van der Waals surface area contributed by atoms with Crippen molar-refractivity contribution in [2.24, 2.45) is 0 Å². The largest absolute Gasteiger partial charge is 0.361 e. The molecule has 1 unspecified atom stereocenters. The molecule has 3 nitrogen and oxygen atoms in total. The van der Waals surface area contributed by atoms with E-state index in [2.05, 4.69) is 13.2 Å². The third-order valence-electron chi connectivity index (χ3n) is 2.07. The van der Waals surface area contributed by atoms with E-state index in [0.29, 0.717) is 12.6 Å². The summed E-state index contributed by atoms with van der Waals surface area (Å²) in [5.41, 5.74) is 0. The summed E-state index contributed by atoms with van der Waals surface area (Å²) >= 11 is 0. The molecular weight excluding hydrogens is 187 g/mol. The maximum absolute atomic E-state index is 9.70. The zero-order valence-electron chi connectivity index (χ0n) is 7.76. The molecule has 0 heterocycles. The smallest absolute Gasteiger partial charge is 0.172 e. The van der Waals surface area contributed by atoms with Crippen molar-refractivity contribution < 1.29 is 15.3 Å². The number of aliphatic hydroxyl groups is 3. The van der Waals surface area contributed by atoms with Crippen LogP contribution in [0.15, 0.2) is 25.3 Å². The third-order valence-corrected chi connectivity index (χ3v) is 5.65. The molecule has 4 heteroatoms.